The number of aromatic nitrogens is 1. The van der Waals surface area contributed by atoms with Crippen LogP contribution in [0.25, 0.3) is 6.08 Å². The first kappa shape index (κ1) is 28.5. The highest BCUT2D eigenvalue weighted by molar-refractivity contribution is 7.07. The molecule has 0 saturated carbocycles. The van der Waals surface area contributed by atoms with Gasteiger partial charge >= 0.3 is 5.97 Å². The normalized spacial score (nSPS) is 20.4. The second kappa shape index (κ2) is 10.6. The van der Waals surface area contributed by atoms with Crippen LogP contribution < -0.4 is 29.1 Å². The van der Waals surface area contributed by atoms with Crippen molar-refractivity contribution in [1.82, 2.24) is 4.57 Å². The Morgan fingerprint density at radius 3 is 2.51 bits per heavy atom. The van der Waals surface area contributed by atoms with Crippen LogP contribution in [0, 0.1) is 29.2 Å². The number of halogens is 4. The number of benzene rings is 3. The molecule has 2 bridgehead atoms. The van der Waals surface area contributed by atoms with E-state index in [-0.39, 0.29) is 21.9 Å². The van der Waals surface area contributed by atoms with Crippen molar-refractivity contribution in [3.8, 4) is 17.2 Å². The zero-order valence-electron chi connectivity index (χ0n) is 22.8. The molecule has 2 aliphatic rings. The SMILES string of the molecule is COC(=O)[C@H]1[C@H]2c3ccccc3O[C@@]1(C)N=c1s/c(=C\c3ccc(OC)c(COc4c(F)c(F)cc(F)c4F)c3)c(=O)n12. The lowest BCUT2D eigenvalue weighted by molar-refractivity contribution is -0.158. The number of carbonyl (C=O) groups is 1. The maximum absolute atomic E-state index is 14.1. The van der Waals surface area contributed by atoms with E-state index in [2.05, 4.69) is 4.99 Å². The van der Waals surface area contributed by atoms with Crippen molar-refractivity contribution in [3.63, 3.8) is 0 Å². The van der Waals surface area contributed by atoms with Crippen molar-refractivity contribution in [3.05, 3.63) is 108 Å². The Balaban J connectivity index is 1.43. The van der Waals surface area contributed by atoms with Gasteiger partial charge in [-0.15, -0.1) is 0 Å². The second-order valence-corrected chi connectivity index (χ2v) is 11.0. The van der Waals surface area contributed by atoms with E-state index < -0.39 is 64.8 Å². The minimum atomic E-state index is -1.67. The third-order valence-corrected chi connectivity index (χ3v) is 8.36. The molecule has 0 amide bonds. The molecule has 0 unspecified atom stereocenters. The number of esters is 1. The quantitative estimate of drug-likeness (QED) is 0.185. The van der Waals surface area contributed by atoms with Crippen molar-refractivity contribution in [2.75, 3.05) is 14.2 Å². The Labute approximate surface area is 245 Å². The number of thiazole rings is 1. The van der Waals surface area contributed by atoms with Crippen LogP contribution >= 0.6 is 11.3 Å². The second-order valence-electron chi connectivity index (χ2n) is 9.98. The number of para-hydroxylation sites is 1. The molecule has 0 spiro atoms. The molecule has 222 valence electrons. The molecule has 13 heteroatoms. The number of methoxy groups -OCH3 is 2. The largest absolute Gasteiger partial charge is 0.496 e. The molecule has 0 radical (unpaired) electrons. The topological polar surface area (TPSA) is 88.4 Å². The standard InChI is InChI=1S/C30H22F4N2O6S/c1-30-22(28(38)40-3)25(16-6-4-5-7-20(16)42-30)36-27(37)21(43-29(36)35-30)11-14-8-9-19(39-2)15(10-14)13-41-26-23(33)17(31)12-18(32)24(26)34/h4-12,22,25H,13H2,1-3H3/b21-11-/t22-,25-,30-/m1/s1. The number of hydrogen-bond acceptors (Lipinski definition) is 8. The van der Waals surface area contributed by atoms with Gasteiger partial charge in [0.25, 0.3) is 5.56 Å². The lowest BCUT2D eigenvalue weighted by atomic mass is 9.81. The molecule has 3 atom stereocenters. The minimum Gasteiger partial charge on any atom is -0.496 e. The predicted molar refractivity (Wildman–Crippen MR) is 146 cm³/mol. The number of rotatable bonds is 6. The summed E-state index contributed by atoms with van der Waals surface area (Å²) in [5.74, 6) is -8.49. The van der Waals surface area contributed by atoms with Crippen molar-refractivity contribution < 1.29 is 41.3 Å². The summed E-state index contributed by atoms with van der Waals surface area (Å²) in [5.41, 5.74) is -0.337. The average molecular weight is 615 g/mol. The molecule has 0 N–H and O–H groups in total. The Morgan fingerprint density at radius 1 is 1.09 bits per heavy atom. The van der Waals surface area contributed by atoms with Crippen LogP contribution in [0.4, 0.5) is 17.6 Å². The third-order valence-electron chi connectivity index (χ3n) is 7.38. The highest BCUT2D eigenvalue weighted by Crippen LogP contribution is 2.47. The summed E-state index contributed by atoms with van der Waals surface area (Å²) in [6, 6.07) is 11.2. The molecule has 0 saturated heterocycles. The maximum Gasteiger partial charge on any atom is 0.317 e. The van der Waals surface area contributed by atoms with Crippen LogP contribution in [0.3, 0.4) is 0 Å². The van der Waals surface area contributed by atoms with Gasteiger partial charge < -0.3 is 18.9 Å². The van der Waals surface area contributed by atoms with Crippen LogP contribution in [0.5, 0.6) is 17.2 Å². The van der Waals surface area contributed by atoms with E-state index in [1.54, 1.807) is 55.5 Å². The summed E-state index contributed by atoms with van der Waals surface area (Å²) in [5, 5.41) is 0. The molecule has 4 aromatic rings. The number of carbonyl (C=O) groups excluding carboxylic acids is 1. The fourth-order valence-electron chi connectivity index (χ4n) is 5.41. The Kier molecular flexibility index (Phi) is 6.99. The zero-order chi connectivity index (χ0) is 30.6. The molecule has 8 nitrogen and oxygen atoms in total. The summed E-state index contributed by atoms with van der Waals surface area (Å²) in [4.78, 5) is 31.8. The van der Waals surface area contributed by atoms with Crippen LogP contribution in [0.2, 0.25) is 0 Å². The van der Waals surface area contributed by atoms with E-state index in [0.29, 0.717) is 21.7 Å². The number of ether oxygens (including phenoxy) is 4. The Morgan fingerprint density at radius 2 is 1.81 bits per heavy atom. The Bertz CT molecular complexity index is 1950. The van der Waals surface area contributed by atoms with Crippen LogP contribution in [-0.4, -0.2) is 30.5 Å². The van der Waals surface area contributed by atoms with E-state index in [0.717, 1.165) is 11.3 Å². The average Bonchev–Trinajstić information content (AvgIpc) is 3.28. The summed E-state index contributed by atoms with van der Waals surface area (Å²) >= 11 is 1.09. The van der Waals surface area contributed by atoms with E-state index in [4.69, 9.17) is 18.9 Å². The zero-order valence-corrected chi connectivity index (χ0v) is 23.6. The van der Waals surface area contributed by atoms with Crippen LogP contribution in [0.15, 0.2) is 58.3 Å². The summed E-state index contributed by atoms with van der Waals surface area (Å²) < 4.78 is 79.0. The van der Waals surface area contributed by atoms with Crippen LogP contribution in [-0.2, 0) is 16.1 Å². The van der Waals surface area contributed by atoms with Gasteiger partial charge in [0.1, 0.15) is 24.0 Å². The molecule has 0 aliphatic carbocycles. The Hall–Kier alpha value is -4.65. The number of hydrogen-bond donors (Lipinski definition) is 0. The highest BCUT2D eigenvalue weighted by atomic mass is 32.1. The fraction of sp³-hybridized carbons (Fsp3) is 0.233. The molecule has 3 aromatic carbocycles. The van der Waals surface area contributed by atoms with E-state index in [9.17, 15) is 27.2 Å². The smallest absolute Gasteiger partial charge is 0.317 e. The monoisotopic (exact) mass is 614 g/mol. The molecule has 1 aromatic heterocycles. The fourth-order valence-corrected chi connectivity index (χ4v) is 6.51. The third kappa shape index (κ3) is 4.63. The molecule has 0 fully saturated rings. The van der Waals surface area contributed by atoms with Crippen molar-refractivity contribution >= 4 is 23.4 Å². The molecular weight excluding hydrogens is 592 g/mol. The first-order valence-electron chi connectivity index (χ1n) is 12.9. The van der Waals surface area contributed by atoms with E-state index in [1.165, 1.54) is 18.8 Å². The lowest BCUT2D eigenvalue weighted by Gasteiger charge is -2.44. The summed E-state index contributed by atoms with van der Waals surface area (Å²) in [6.07, 6.45) is 1.58. The first-order chi connectivity index (χ1) is 20.6. The van der Waals surface area contributed by atoms with Gasteiger partial charge in [-0.05, 0) is 36.8 Å². The molecule has 43 heavy (non-hydrogen) atoms. The van der Waals surface area contributed by atoms with Crippen LogP contribution in [0.1, 0.15) is 29.7 Å². The van der Waals surface area contributed by atoms with Gasteiger partial charge in [0.05, 0.1) is 24.8 Å². The maximum atomic E-state index is 14.1. The molecule has 3 heterocycles. The van der Waals surface area contributed by atoms with Crippen molar-refractivity contribution in [2.45, 2.75) is 25.3 Å². The number of fused-ring (bicyclic) bond motifs is 6. The van der Waals surface area contributed by atoms with Gasteiger partial charge in [0.15, 0.2) is 22.2 Å². The molecular formula is C30H22F4N2O6S. The minimum absolute atomic E-state index is 0.0887. The van der Waals surface area contributed by atoms with E-state index >= 15 is 0 Å². The number of nitrogens with zero attached hydrogens (tertiary/aromatic N) is 2. The van der Waals surface area contributed by atoms with Gasteiger partial charge in [-0.25, -0.2) is 13.8 Å². The van der Waals surface area contributed by atoms with Gasteiger partial charge in [-0.3, -0.25) is 14.2 Å². The van der Waals surface area contributed by atoms with Crippen molar-refractivity contribution in [1.29, 1.82) is 0 Å². The van der Waals surface area contributed by atoms with Gasteiger partial charge in [-0.1, -0.05) is 35.6 Å². The molecule has 6 rings (SSSR count). The lowest BCUT2D eigenvalue weighted by Crippen LogP contribution is -2.58. The predicted octanol–water partition coefficient (Wildman–Crippen LogP) is 4.00. The summed E-state index contributed by atoms with van der Waals surface area (Å²) in [7, 11) is 2.62. The van der Waals surface area contributed by atoms with Gasteiger partial charge in [-0.2, -0.15) is 8.78 Å². The highest BCUT2D eigenvalue weighted by Gasteiger charge is 2.55. The first-order valence-corrected chi connectivity index (χ1v) is 13.7. The van der Waals surface area contributed by atoms with Gasteiger partial charge in [0.2, 0.25) is 17.4 Å². The van der Waals surface area contributed by atoms with Crippen molar-refractivity contribution in [2.24, 2.45) is 10.9 Å². The van der Waals surface area contributed by atoms with E-state index in [1.807, 2.05) is 0 Å². The van der Waals surface area contributed by atoms with Gasteiger partial charge in [0, 0.05) is 17.2 Å². The molecule has 2 aliphatic heterocycles. The summed E-state index contributed by atoms with van der Waals surface area (Å²) in [6.45, 7) is 1.16.